The van der Waals surface area contributed by atoms with Crippen molar-refractivity contribution in [1.82, 2.24) is 15.5 Å². The predicted molar refractivity (Wildman–Crippen MR) is 100 cm³/mol. The Morgan fingerprint density at radius 1 is 1.27 bits per heavy atom. The zero-order valence-electron chi connectivity index (χ0n) is 14.6. The van der Waals surface area contributed by atoms with E-state index >= 15 is 0 Å². The van der Waals surface area contributed by atoms with Crippen molar-refractivity contribution in [2.24, 2.45) is 0 Å². The number of ether oxygens (including phenoxy) is 1. The number of hydrogen-bond donors (Lipinski definition) is 2. The number of carbonyl (C=O) groups excluding carboxylic acids is 2. The van der Waals surface area contributed by atoms with Gasteiger partial charge in [-0.15, -0.1) is 10.2 Å². The van der Waals surface area contributed by atoms with E-state index in [0.29, 0.717) is 11.0 Å². The Kier molecular flexibility index (Phi) is 5.62. The lowest BCUT2D eigenvalue weighted by molar-refractivity contribution is -0.123. The standard InChI is InChI=1S/C18H20N4O3S/c1-11(16(24)20-18-22-21-17(26-18)13-6-7-13)19-15(23)10-5-12-3-8-14(25-2)9-4-12/h3-5,8-11,13H,6-7H2,1-2H3,(H,19,23)(H,20,22,24). The molecular weight excluding hydrogens is 352 g/mol. The average Bonchev–Trinajstić information content (AvgIpc) is 3.40. The molecule has 0 bridgehead atoms. The summed E-state index contributed by atoms with van der Waals surface area (Å²) in [5, 5.41) is 14.8. The molecular formula is C18H20N4O3S. The maximum Gasteiger partial charge on any atom is 0.248 e. The molecule has 1 aliphatic carbocycles. The fraction of sp³-hybridized carbons (Fsp3) is 0.333. The lowest BCUT2D eigenvalue weighted by Crippen LogP contribution is -2.40. The van der Waals surface area contributed by atoms with Gasteiger partial charge in [-0.3, -0.25) is 14.9 Å². The Labute approximate surface area is 155 Å². The monoisotopic (exact) mass is 372 g/mol. The summed E-state index contributed by atoms with van der Waals surface area (Å²) in [5.41, 5.74) is 0.861. The molecule has 2 amide bonds. The minimum atomic E-state index is -0.684. The summed E-state index contributed by atoms with van der Waals surface area (Å²) < 4.78 is 5.08. The highest BCUT2D eigenvalue weighted by Gasteiger charge is 2.28. The highest BCUT2D eigenvalue weighted by molar-refractivity contribution is 7.15. The molecule has 0 radical (unpaired) electrons. The number of benzene rings is 1. The third-order valence-corrected chi connectivity index (χ3v) is 4.89. The van der Waals surface area contributed by atoms with Crippen molar-refractivity contribution >= 4 is 34.4 Å². The maximum absolute atomic E-state index is 12.2. The first-order valence-electron chi connectivity index (χ1n) is 8.32. The van der Waals surface area contributed by atoms with Crippen LogP contribution in [0.15, 0.2) is 30.3 Å². The van der Waals surface area contributed by atoms with Gasteiger partial charge >= 0.3 is 0 Å². The number of aromatic nitrogens is 2. The molecule has 1 saturated carbocycles. The smallest absolute Gasteiger partial charge is 0.248 e. The van der Waals surface area contributed by atoms with Gasteiger partial charge in [0, 0.05) is 12.0 Å². The number of nitrogens with one attached hydrogen (secondary N) is 2. The van der Waals surface area contributed by atoms with Crippen LogP contribution in [-0.2, 0) is 9.59 Å². The lowest BCUT2D eigenvalue weighted by Gasteiger charge is -2.11. The zero-order chi connectivity index (χ0) is 18.5. The lowest BCUT2D eigenvalue weighted by atomic mass is 10.2. The van der Waals surface area contributed by atoms with Gasteiger partial charge in [0.2, 0.25) is 16.9 Å². The Balaban J connectivity index is 1.48. The Bertz CT molecular complexity index is 812. The molecule has 3 rings (SSSR count). The SMILES string of the molecule is COc1ccc(C=CC(=O)NC(C)C(=O)Nc2nnc(C3CC3)s2)cc1. The first-order valence-corrected chi connectivity index (χ1v) is 9.13. The van der Waals surface area contributed by atoms with Crippen molar-refractivity contribution in [1.29, 1.82) is 0 Å². The van der Waals surface area contributed by atoms with Crippen LogP contribution >= 0.6 is 11.3 Å². The van der Waals surface area contributed by atoms with E-state index in [9.17, 15) is 9.59 Å². The number of nitrogens with zero attached hydrogens (tertiary/aromatic N) is 2. The van der Waals surface area contributed by atoms with E-state index in [0.717, 1.165) is 29.2 Å². The van der Waals surface area contributed by atoms with Crippen LogP contribution in [0.1, 0.15) is 36.3 Å². The zero-order valence-corrected chi connectivity index (χ0v) is 15.4. The molecule has 0 aliphatic heterocycles. The number of hydrogen-bond acceptors (Lipinski definition) is 6. The Morgan fingerprint density at radius 3 is 2.65 bits per heavy atom. The quantitative estimate of drug-likeness (QED) is 0.729. The molecule has 136 valence electrons. The molecule has 0 saturated heterocycles. The Morgan fingerprint density at radius 2 is 2.00 bits per heavy atom. The fourth-order valence-electron chi connectivity index (χ4n) is 2.21. The van der Waals surface area contributed by atoms with Crippen LogP contribution in [-0.4, -0.2) is 35.2 Å². The van der Waals surface area contributed by atoms with E-state index in [1.165, 1.54) is 17.4 Å². The molecule has 1 aromatic carbocycles. The van der Waals surface area contributed by atoms with E-state index in [2.05, 4.69) is 20.8 Å². The van der Waals surface area contributed by atoms with E-state index in [1.807, 2.05) is 24.3 Å². The molecule has 1 atom stereocenters. The van der Waals surface area contributed by atoms with Gasteiger partial charge in [0.25, 0.3) is 0 Å². The number of carbonyl (C=O) groups is 2. The third kappa shape index (κ3) is 4.89. The predicted octanol–water partition coefficient (Wildman–Crippen LogP) is 2.58. The van der Waals surface area contributed by atoms with E-state index in [1.54, 1.807) is 20.1 Å². The molecule has 1 aromatic heterocycles. The molecule has 1 fully saturated rings. The molecule has 7 nitrogen and oxygen atoms in total. The minimum Gasteiger partial charge on any atom is -0.497 e. The molecule has 1 aliphatic rings. The van der Waals surface area contributed by atoms with Crippen molar-refractivity contribution in [3.05, 3.63) is 40.9 Å². The van der Waals surface area contributed by atoms with Crippen LogP contribution < -0.4 is 15.4 Å². The molecule has 2 aromatic rings. The normalized spacial score (nSPS) is 14.8. The highest BCUT2D eigenvalue weighted by Crippen LogP contribution is 2.42. The molecule has 26 heavy (non-hydrogen) atoms. The van der Waals surface area contributed by atoms with Crippen LogP contribution in [0.4, 0.5) is 5.13 Å². The van der Waals surface area contributed by atoms with Crippen LogP contribution in [0, 0.1) is 0 Å². The summed E-state index contributed by atoms with van der Waals surface area (Å²) in [6, 6.07) is 6.62. The summed E-state index contributed by atoms with van der Waals surface area (Å²) in [5.74, 6) is 0.575. The van der Waals surface area contributed by atoms with Crippen molar-refractivity contribution < 1.29 is 14.3 Å². The van der Waals surface area contributed by atoms with Gasteiger partial charge in [-0.05, 0) is 43.5 Å². The summed E-state index contributed by atoms with van der Waals surface area (Å²) in [6.45, 7) is 1.62. The second-order valence-corrected chi connectivity index (χ2v) is 7.05. The third-order valence-electron chi connectivity index (χ3n) is 3.89. The second-order valence-electron chi connectivity index (χ2n) is 6.05. The Hall–Kier alpha value is -2.74. The van der Waals surface area contributed by atoms with Crippen molar-refractivity contribution in [2.45, 2.75) is 31.7 Å². The van der Waals surface area contributed by atoms with E-state index in [4.69, 9.17) is 4.74 Å². The van der Waals surface area contributed by atoms with Gasteiger partial charge in [0.05, 0.1) is 7.11 Å². The van der Waals surface area contributed by atoms with Crippen LogP contribution in [0.25, 0.3) is 6.08 Å². The highest BCUT2D eigenvalue weighted by atomic mass is 32.1. The summed E-state index contributed by atoms with van der Waals surface area (Å²) >= 11 is 1.39. The molecule has 1 heterocycles. The number of amides is 2. The topological polar surface area (TPSA) is 93.2 Å². The number of anilines is 1. The molecule has 2 N–H and O–H groups in total. The molecule has 1 unspecified atom stereocenters. The van der Waals surface area contributed by atoms with Gasteiger partial charge in [-0.2, -0.15) is 0 Å². The second kappa shape index (κ2) is 8.09. The summed E-state index contributed by atoms with van der Waals surface area (Å²) in [4.78, 5) is 24.1. The maximum atomic E-state index is 12.2. The first-order chi connectivity index (χ1) is 12.5. The van der Waals surface area contributed by atoms with Crippen molar-refractivity contribution in [2.75, 3.05) is 12.4 Å². The fourth-order valence-corrected chi connectivity index (χ4v) is 3.12. The van der Waals surface area contributed by atoms with Crippen LogP contribution in [0.2, 0.25) is 0 Å². The van der Waals surface area contributed by atoms with E-state index in [-0.39, 0.29) is 11.8 Å². The van der Waals surface area contributed by atoms with Crippen molar-refractivity contribution in [3.63, 3.8) is 0 Å². The molecule has 0 spiro atoms. The van der Waals surface area contributed by atoms with Gasteiger partial charge in [0.1, 0.15) is 16.8 Å². The van der Waals surface area contributed by atoms with Crippen LogP contribution in [0.5, 0.6) is 5.75 Å². The number of rotatable bonds is 7. The van der Waals surface area contributed by atoms with Crippen molar-refractivity contribution in [3.8, 4) is 5.75 Å². The molecule has 8 heteroatoms. The average molecular weight is 372 g/mol. The van der Waals surface area contributed by atoms with Crippen LogP contribution in [0.3, 0.4) is 0 Å². The summed E-state index contributed by atoms with van der Waals surface area (Å²) in [7, 11) is 1.60. The van der Waals surface area contributed by atoms with E-state index < -0.39 is 6.04 Å². The van der Waals surface area contributed by atoms with Gasteiger partial charge < -0.3 is 10.1 Å². The van der Waals surface area contributed by atoms with Gasteiger partial charge in [0.15, 0.2) is 0 Å². The van der Waals surface area contributed by atoms with Gasteiger partial charge in [-0.1, -0.05) is 23.5 Å². The minimum absolute atomic E-state index is 0.324. The summed E-state index contributed by atoms with van der Waals surface area (Å²) in [6.07, 6.45) is 5.33. The number of methoxy groups -OCH3 is 1. The largest absolute Gasteiger partial charge is 0.497 e. The van der Waals surface area contributed by atoms with Gasteiger partial charge in [-0.25, -0.2) is 0 Å². The first kappa shape index (κ1) is 18.1.